The Morgan fingerprint density at radius 2 is 0.443 bits per heavy atom. The topological polar surface area (TPSA) is 46.5 Å². The lowest BCUT2D eigenvalue weighted by Gasteiger charge is -2.26. The maximum absolute atomic E-state index is 12.2. The molecular weight excluding hydrogens is 1060 g/mol. The van der Waals surface area contributed by atoms with Crippen molar-refractivity contribution in [1.29, 1.82) is 5.26 Å². The summed E-state index contributed by atoms with van der Waals surface area (Å²) in [6.45, 7) is 0. The van der Waals surface area contributed by atoms with Crippen LogP contribution in [0.25, 0.3) is 155 Å². The molecule has 16 rings (SSSR count). The molecule has 0 N–H and O–H groups in total. The first-order valence-corrected chi connectivity index (χ1v) is 29.9. The number of pyridine rings is 1. The van der Waals surface area contributed by atoms with Gasteiger partial charge in [-0.2, -0.15) is 5.26 Å². The number of fused-ring (bicyclic) bond motifs is 6. The van der Waals surface area contributed by atoms with Gasteiger partial charge in [0.15, 0.2) is 0 Å². The Morgan fingerprint density at radius 3 is 0.705 bits per heavy atom. The summed E-state index contributed by atoms with van der Waals surface area (Å²) in [4.78, 5) is 6.02. The minimum absolute atomic E-state index is 0.586. The van der Waals surface area contributed by atoms with Crippen LogP contribution in [0, 0.1) is 11.3 Å². The van der Waals surface area contributed by atoms with E-state index in [2.05, 4.69) is 337 Å². The second-order valence-electron chi connectivity index (χ2n) is 22.5. The van der Waals surface area contributed by atoms with Gasteiger partial charge in [0, 0.05) is 32.7 Å². The van der Waals surface area contributed by atoms with Gasteiger partial charge in [0.1, 0.15) is 17.7 Å². The molecule has 3 aromatic heterocycles. The number of benzene rings is 13. The number of hydrogen-bond donors (Lipinski definition) is 0. The quantitative estimate of drug-likeness (QED) is 0.130. The number of aromatic nitrogens is 3. The summed E-state index contributed by atoms with van der Waals surface area (Å²) < 4.78 is 4.73. The van der Waals surface area contributed by atoms with Crippen LogP contribution in [0.3, 0.4) is 0 Å². The van der Waals surface area contributed by atoms with E-state index < -0.39 is 0 Å². The van der Waals surface area contributed by atoms with Crippen LogP contribution in [0.2, 0.25) is 0 Å². The van der Waals surface area contributed by atoms with Crippen molar-refractivity contribution in [2.24, 2.45) is 0 Å². The van der Waals surface area contributed by atoms with Crippen molar-refractivity contribution in [2.75, 3.05) is 0 Å². The molecule has 0 aliphatic heterocycles. The summed E-state index contributed by atoms with van der Waals surface area (Å²) in [5, 5.41) is 16.6. The molecule has 0 unspecified atom stereocenters. The lowest BCUT2D eigenvalue weighted by Crippen LogP contribution is -2.06. The zero-order valence-electron chi connectivity index (χ0n) is 48.0. The van der Waals surface area contributed by atoms with Crippen LogP contribution in [0.5, 0.6) is 0 Å². The normalized spacial score (nSPS) is 11.4. The predicted molar refractivity (Wildman–Crippen MR) is 367 cm³/mol. The van der Waals surface area contributed by atoms with Crippen molar-refractivity contribution in [2.45, 2.75) is 0 Å². The molecule has 0 saturated carbocycles. The average molecular weight is 1120 g/mol. The third kappa shape index (κ3) is 8.97. The first-order valence-electron chi connectivity index (χ1n) is 29.9. The van der Waals surface area contributed by atoms with Gasteiger partial charge in [-0.05, 0) is 150 Å². The van der Waals surface area contributed by atoms with Gasteiger partial charge >= 0.3 is 0 Å². The van der Waals surface area contributed by atoms with Gasteiger partial charge in [-0.15, -0.1) is 0 Å². The van der Waals surface area contributed by atoms with Crippen molar-refractivity contribution in [3.8, 4) is 118 Å². The summed E-state index contributed by atoms with van der Waals surface area (Å²) in [5.41, 5.74) is 23.2. The lowest BCUT2D eigenvalue weighted by molar-refractivity contribution is 1.01. The van der Waals surface area contributed by atoms with E-state index in [1.54, 1.807) is 0 Å². The Hall–Kier alpha value is -11.9. The Morgan fingerprint density at radius 1 is 0.216 bits per heavy atom. The number of hydrogen-bond acceptors (Lipinski definition) is 2. The maximum atomic E-state index is 12.2. The van der Waals surface area contributed by atoms with Crippen LogP contribution in [-0.2, 0) is 0 Å². The van der Waals surface area contributed by atoms with Crippen molar-refractivity contribution in [3.63, 3.8) is 0 Å². The van der Waals surface area contributed by atoms with Crippen LogP contribution < -0.4 is 0 Å². The second-order valence-corrected chi connectivity index (χ2v) is 22.5. The van der Waals surface area contributed by atoms with Gasteiger partial charge in [0.2, 0.25) is 0 Å². The molecule has 3 heterocycles. The highest BCUT2D eigenvalue weighted by molar-refractivity contribution is 6.15. The predicted octanol–water partition coefficient (Wildman–Crippen LogP) is 22.2. The van der Waals surface area contributed by atoms with Crippen LogP contribution in [-0.4, -0.2) is 14.1 Å². The molecule has 88 heavy (non-hydrogen) atoms. The lowest BCUT2D eigenvalue weighted by atomic mass is 9.76. The molecule has 13 aromatic carbocycles. The van der Waals surface area contributed by atoms with E-state index in [0.29, 0.717) is 5.56 Å². The van der Waals surface area contributed by atoms with E-state index in [9.17, 15) is 5.26 Å². The standard InChI is InChI=1S/C84H54N4/c85-55-73-80(60-33-17-5-18-34-60)82(62-37-21-7-22-38-62)83(63-39-23-8-24-40-63)84(81(73)61-35-19-6-20-36-61)68-53-78(87-74-45-41-64(56-25-9-1-10-26-56)49-69(74)70-50-65(42-46-75(70)87)57-27-11-2-12-28-57)86-79(54-68)88-76-47-43-66(58-29-13-3-14-30-58)51-71(76)72-52-67(44-48-77(72)88)59-31-15-4-16-32-59/h1-54H. The Kier molecular flexibility index (Phi) is 12.9. The molecule has 4 nitrogen and oxygen atoms in total. The van der Waals surface area contributed by atoms with Crippen molar-refractivity contribution in [1.82, 2.24) is 14.1 Å². The minimum atomic E-state index is 0.586. The van der Waals surface area contributed by atoms with Gasteiger partial charge in [-0.3, -0.25) is 9.13 Å². The molecule has 4 heteroatoms. The molecule has 0 bridgehead atoms. The van der Waals surface area contributed by atoms with E-state index >= 15 is 0 Å². The number of nitriles is 1. The molecule has 0 amide bonds. The molecule has 0 fully saturated rings. The van der Waals surface area contributed by atoms with Gasteiger partial charge in [0.05, 0.1) is 27.6 Å². The fraction of sp³-hybridized carbons (Fsp3) is 0. The van der Waals surface area contributed by atoms with E-state index in [-0.39, 0.29) is 0 Å². The monoisotopic (exact) mass is 1120 g/mol. The average Bonchev–Trinajstić information content (AvgIpc) is 0.978. The van der Waals surface area contributed by atoms with Gasteiger partial charge < -0.3 is 0 Å². The van der Waals surface area contributed by atoms with Gasteiger partial charge in [-0.25, -0.2) is 4.98 Å². The Labute approximate surface area is 511 Å². The van der Waals surface area contributed by atoms with E-state index in [4.69, 9.17) is 4.98 Å². The molecule has 410 valence electrons. The fourth-order valence-electron chi connectivity index (χ4n) is 13.4. The van der Waals surface area contributed by atoms with Gasteiger partial charge in [-0.1, -0.05) is 267 Å². The van der Waals surface area contributed by atoms with E-state index in [1.165, 1.54) is 0 Å². The summed E-state index contributed by atoms with van der Waals surface area (Å²) in [6.07, 6.45) is 0. The number of rotatable bonds is 11. The van der Waals surface area contributed by atoms with Crippen molar-refractivity contribution >= 4 is 43.6 Å². The molecule has 0 aliphatic rings. The third-order valence-electron chi connectivity index (χ3n) is 17.4. The fourth-order valence-corrected chi connectivity index (χ4v) is 13.4. The summed E-state index contributed by atoms with van der Waals surface area (Å²) in [6, 6.07) is 120. The zero-order chi connectivity index (χ0) is 58.5. The molecule has 0 saturated heterocycles. The first kappa shape index (κ1) is 51.7. The highest BCUT2D eigenvalue weighted by atomic mass is 15.1. The van der Waals surface area contributed by atoms with Gasteiger partial charge in [0.25, 0.3) is 0 Å². The molecule has 0 radical (unpaired) electrons. The van der Waals surface area contributed by atoms with Crippen LogP contribution in [0.4, 0.5) is 0 Å². The summed E-state index contributed by atoms with van der Waals surface area (Å²) >= 11 is 0. The summed E-state index contributed by atoms with van der Waals surface area (Å²) in [7, 11) is 0. The smallest absolute Gasteiger partial charge is 0.140 e. The highest BCUT2D eigenvalue weighted by Gasteiger charge is 2.30. The third-order valence-corrected chi connectivity index (χ3v) is 17.4. The van der Waals surface area contributed by atoms with Crippen molar-refractivity contribution in [3.05, 3.63) is 333 Å². The molecule has 0 spiro atoms. The highest BCUT2D eigenvalue weighted by Crippen LogP contribution is 2.54. The van der Waals surface area contributed by atoms with Crippen LogP contribution in [0.15, 0.2) is 328 Å². The Bertz CT molecular complexity index is 4910. The maximum Gasteiger partial charge on any atom is 0.140 e. The van der Waals surface area contributed by atoms with E-state index in [1.807, 2.05) is 6.07 Å². The Balaban J connectivity index is 1.09. The second kappa shape index (κ2) is 21.9. The first-order chi connectivity index (χ1) is 43.6. The van der Waals surface area contributed by atoms with Crippen molar-refractivity contribution < 1.29 is 0 Å². The largest absolute Gasteiger partial charge is 0.294 e. The van der Waals surface area contributed by atoms with E-state index in [0.717, 1.165) is 155 Å². The molecule has 16 aromatic rings. The van der Waals surface area contributed by atoms with Crippen LogP contribution in [0.1, 0.15) is 5.56 Å². The molecular formula is C84H54N4. The minimum Gasteiger partial charge on any atom is -0.294 e. The van der Waals surface area contributed by atoms with Crippen LogP contribution >= 0.6 is 0 Å². The number of nitrogens with zero attached hydrogens (tertiary/aromatic N) is 4. The SMILES string of the molecule is N#Cc1c(-c2ccccc2)c(-c2ccccc2)c(-c2ccccc2)c(-c2cc(-n3c4ccc(-c5ccccc5)cc4c4cc(-c5ccccc5)ccc43)nc(-n3c4ccc(-c5ccccc5)cc4c4cc(-c5ccccc5)ccc43)c2)c1-c1ccccc1. The molecule has 0 atom stereocenters. The summed E-state index contributed by atoms with van der Waals surface area (Å²) in [5.74, 6) is 1.46. The molecule has 0 aliphatic carbocycles. The zero-order valence-corrected chi connectivity index (χ0v) is 48.0.